The molecule has 1 heterocycles. The molecule has 0 aromatic heterocycles. The lowest BCUT2D eigenvalue weighted by atomic mass is 9.97. The molecule has 0 radical (unpaired) electrons. The molecule has 20 heavy (non-hydrogen) atoms. The third-order valence-corrected chi connectivity index (χ3v) is 5.90. The zero-order valence-corrected chi connectivity index (χ0v) is 13.3. The van der Waals surface area contributed by atoms with Crippen LogP contribution in [0.15, 0.2) is 29.2 Å². The standard InChI is InChI=1S/C15H24N2O2S/c1-4-16-14-7-9-15(10-8-14)20(18,19)17-11-12(2)5-6-13(17)3/h7-10,12-13,16H,4-6,11H2,1-3H3. The fourth-order valence-corrected chi connectivity index (χ4v) is 4.45. The van der Waals surface area contributed by atoms with Crippen LogP contribution in [0.3, 0.4) is 0 Å². The van der Waals surface area contributed by atoms with Crippen LogP contribution in [0.1, 0.15) is 33.6 Å². The molecule has 1 aromatic rings. The van der Waals surface area contributed by atoms with Crippen LogP contribution < -0.4 is 5.32 Å². The van der Waals surface area contributed by atoms with Gasteiger partial charge in [0.2, 0.25) is 10.0 Å². The van der Waals surface area contributed by atoms with Crippen molar-refractivity contribution in [2.24, 2.45) is 5.92 Å². The Morgan fingerprint density at radius 2 is 1.85 bits per heavy atom. The highest BCUT2D eigenvalue weighted by atomic mass is 32.2. The smallest absolute Gasteiger partial charge is 0.243 e. The molecule has 1 N–H and O–H groups in total. The first kappa shape index (κ1) is 15.3. The van der Waals surface area contributed by atoms with Crippen molar-refractivity contribution in [3.8, 4) is 0 Å². The zero-order valence-electron chi connectivity index (χ0n) is 12.5. The van der Waals surface area contributed by atoms with Gasteiger partial charge in [0.15, 0.2) is 0 Å². The second kappa shape index (κ2) is 6.14. The van der Waals surface area contributed by atoms with E-state index in [0.717, 1.165) is 25.1 Å². The van der Waals surface area contributed by atoms with Gasteiger partial charge in [-0.25, -0.2) is 8.42 Å². The summed E-state index contributed by atoms with van der Waals surface area (Å²) in [6.07, 6.45) is 2.04. The summed E-state index contributed by atoms with van der Waals surface area (Å²) in [6, 6.07) is 7.13. The zero-order chi connectivity index (χ0) is 14.8. The van der Waals surface area contributed by atoms with Crippen molar-refractivity contribution >= 4 is 15.7 Å². The van der Waals surface area contributed by atoms with E-state index in [9.17, 15) is 8.42 Å². The topological polar surface area (TPSA) is 49.4 Å². The molecule has 0 saturated carbocycles. The van der Waals surface area contributed by atoms with E-state index < -0.39 is 10.0 Å². The molecule has 0 spiro atoms. The highest BCUT2D eigenvalue weighted by Crippen LogP contribution is 2.28. The van der Waals surface area contributed by atoms with Gasteiger partial charge < -0.3 is 5.32 Å². The van der Waals surface area contributed by atoms with E-state index in [1.54, 1.807) is 16.4 Å². The Bertz CT molecular complexity index is 539. The van der Waals surface area contributed by atoms with Crippen molar-refractivity contribution in [2.45, 2.75) is 44.6 Å². The van der Waals surface area contributed by atoms with Gasteiger partial charge in [0, 0.05) is 24.8 Å². The Morgan fingerprint density at radius 1 is 1.20 bits per heavy atom. The monoisotopic (exact) mass is 296 g/mol. The molecule has 0 aliphatic carbocycles. The van der Waals surface area contributed by atoms with Crippen molar-refractivity contribution in [2.75, 3.05) is 18.4 Å². The Balaban J connectivity index is 2.24. The van der Waals surface area contributed by atoms with Crippen LogP contribution in [0.2, 0.25) is 0 Å². The number of rotatable bonds is 4. The molecule has 2 unspecified atom stereocenters. The highest BCUT2D eigenvalue weighted by molar-refractivity contribution is 7.89. The van der Waals surface area contributed by atoms with Crippen LogP contribution in [0.25, 0.3) is 0 Å². The second-order valence-electron chi connectivity index (χ2n) is 5.66. The van der Waals surface area contributed by atoms with E-state index in [1.165, 1.54) is 0 Å². The molecule has 4 nitrogen and oxygen atoms in total. The third kappa shape index (κ3) is 3.15. The third-order valence-electron chi connectivity index (χ3n) is 3.90. The van der Waals surface area contributed by atoms with Gasteiger partial charge in [-0.15, -0.1) is 0 Å². The maximum atomic E-state index is 12.7. The van der Waals surface area contributed by atoms with E-state index in [2.05, 4.69) is 12.2 Å². The van der Waals surface area contributed by atoms with Gasteiger partial charge in [-0.2, -0.15) is 4.31 Å². The van der Waals surface area contributed by atoms with Crippen molar-refractivity contribution in [1.82, 2.24) is 4.31 Å². The Labute approximate surface area is 122 Å². The second-order valence-corrected chi connectivity index (χ2v) is 7.55. The fraction of sp³-hybridized carbons (Fsp3) is 0.600. The molecule has 1 aromatic carbocycles. The highest BCUT2D eigenvalue weighted by Gasteiger charge is 2.33. The maximum Gasteiger partial charge on any atom is 0.243 e. The fourth-order valence-electron chi connectivity index (χ4n) is 2.67. The lowest BCUT2D eigenvalue weighted by Gasteiger charge is -2.35. The minimum Gasteiger partial charge on any atom is -0.385 e. The van der Waals surface area contributed by atoms with Crippen molar-refractivity contribution in [3.63, 3.8) is 0 Å². The lowest BCUT2D eigenvalue weighted by Crippen LogP contribution is -2.44. The summed E-state index contributed by atoms with van der Waals surface area (Å²) < 4.78 is 27.1. The van der Waals surface area contributed by atoms with Crippen LogP contribution in [0.4, 0.5) is 5.69 Å². The van der Waals surface area contributed by atoms with Gasteiger partial charge in [0.05, 0.1) is 4.90 Å². The summed E-state index contributed by atoms with van der Waals surface area (Å²) in [6.45, 7) is 7.58. The summed E-state index contributed by atoms with van der Waals surface area (Å²) in [5, 5.41) is 3.17. The first-order valence-electron chi connectivity index (χ1n) is 7.31. The molecule has 112 valence electrons. The molecule has 2 atom stereocenters. The van der Waals surface area contributed by atoms with Gasteiger partial charge in [-0.05, 0) is 56.9 Å². The van der Waals surface area contributed by atoms with Crippen molar-refractivity contribution in [3.05, 3.63) is 24.3 Å². The van der Waals surface area contributed by atoms with Crippen molar-refractivity contribution < 1.29 is 8.42 Å². The van der Waals surface area contributed by atoms with Crippen LogP contribution >= 0.6 is 0 Å². The van der Waals surface area contributed by atoms with Crippen LogP contribution in [-0.2, 0) is 10.0 Å². The average Bonchev–Trinajstić information content (AvgIpc) is 2.42. The van der Waals surface area contributed by atoms with Crippen LogP contribution in [0.5, 0.6) is 0 Å². The number of hydrogen-bond donors (Lipinski definition) is 1. The normalized spacial score (nSPS) is 24.6. The Hall–Kier alpha value is -1.07. The number of sulfonamides is 1. The van der Waals surface area contributed by atoms with Gasteiger partial charge in [-0.1, -0.05) is 6.92 Å². The van der Waals surface area contributed by atoms with E-state index in [-0.39, 0.29) is 6.04 Å². The number of hydrogen-bond acceptors (Lipinski definition) is 3. The molecule has 1 aliphatic rings. The molecule has 1 fully saturated rings. The van der Waals surface area contributed by atoms with Crippen molar-refractivity contribution in [1.29, 1.82) is 0 Å². The van der Waals surface area contributed by atoms with Crippen LogP contribution in [0, 0.1) is 5.92 Å². The van der Waals surface area contributed by atoms with E-state index >= 15 is 0 Å². The molecule has 5 heteroatoms. The maximum absolute atomic E-state index is 12.7. The molecular weight excluding hydrogens is 272 g/mol. The molecule has 0 bridgehead atoms. The predicted molar refractivity (Wildman–Crippen MR) is 82.4 cm³/mol. The molecule has 1 aliphatic heterocycles. The predicted octanol–water partition coefficient (Wildman–Crippen LogP) is 2.93. The summed E-state index contributed by atoms with van der Waals surface area (Å²) in [4.78, 5) is 0.389. The summed E-state index contributed by atoms with van der Waals surface area (Å²) in [5.74, 6) is 0.432. The first-order valence-corrected chi connectivity index (χ1v) is 8.75. The SMILES string of the molecule is CCNc1ccc(S(=O)(=O)N2CC(C)CCC2C)cc1. The number of benzene rings is 1. The minimum atomic E-state index is -3.37. The van der Waals surface area contributed by atoms with E-state index in [0.29, 0.717) is 17.4 Å². The Morgan fingerprint density at radius 3 is 2.45 bits per heavy atom. The molecular formula is C15H24N2O2S. The summed E-state index contributed by atoms with van der Waals surface area (Å²) in [7, 11) is -3.37. The van der Waals surface area contributed by atoms with Gasteiger partial charge in [0.25, 0.3) is 0 Å². The van der Waals surface area contributed by atoms with E-state index in [1.807, 2.05) is 26.0 Å². The average molecular weight is 296 g/mol. The van der Waals surface area contributed by atoms with Gasteiger partial charge in [-0.3, -0.25) is 0 Å². The number of anilines is 1. The number of nitrogens with zero attached hydrogens (tertiary/aromatic N) is 1. The van der Waals surface area contributed by atoms with Gasteiger partial charge >= 0.3 is 0 Å². The lowest BCUT2D eigenvalue weighted by molar-refractivity contribution is 0.218. The summed E-state index contributed by atoms with van der Waals surface area (Å²) >= 11 is 0. The molecule has 1 saturated heterocycles. The van der Waals surface area contributed by atoms with Gasteiger partial charge in [0.1, 0.15) is 0 Å². The number of piperidine rings is 1. The first-order chi connectivity index (χ1) is 9.45. The van der Waals surface area contributed by atoms with Crippen LogP contribution in [-0.4, -0.2) is 31.9 Å². The largest absolute Gasteiger partial charge is 0.385 e. The van der Waals surface area contributed by atoms with E-state index in [4.69, 9.17) is 0 Å². The Kier molecular flexibility index (Phi) is 4.70. The number of nitrogens with one attached hydrogen (secondary N) is 1. The minimum absolute atomic E-state index is 0.0876. The molecule has 0 amide bonds. The molecule has 2 rings (SSSR count). The quantitative estimate of drug-likeness (QED) is 0.929. The summed E-state index contributed by atoms with van der Waals surface area (Å²) in [5.41, 5.74) is 0.950.